The Labute approximate surface area is 74.8 Å². The van der Waals surface area contributed by atoms with E-state index in [-0.39, 0.29) is 5.41 Å². The van der Waals surface area contributed by atoms with Gasteiger partial charge in [0.1, 0.15) is 0 Å². The smallest absolute Gasteiger partial charge is 0.0692 e. The summed E-state index contributed by atoms with van der Waals surface area (Å²) in [6.07, 6.45) is 7.62. The third-order valence-corrected chi connectivity index (χ3v) is 3.61. The van der Waals surface area contributed by atoms with Crippen molar-refractivity contribution in [3.8, 4) is 6.07 Å². The SMILES string of the molecule is CC1CCCC(C#N)(C2CC2)C1. The Hall–Kier alpha value is -0.510. The molecule has 66 valence electrons. The quantitative estimate of drug-likeness (QED) is 0.582. The molecule has 1 nitrogen and oxygen atoms in total. The molecule has 0 aromatic heterocycles. The van der Waals surface area contributed by atoms with Gasteiger partial charge in [0.2, 0.25) is 0 Å². The first kappa shape index (κ1) is 8.10. The van der Waals surface area contributed by atoms with E-state index in [9.17, 15) is 5.26 Å². The topological polar surface area (TPSA) is 23.8 Å². The molecular formula is C11H17N. The molecule has 2 unspecified atom stereocenters. The molecule has 0 spiro atoms. The predicted molar refractivity (Wildman–Crippen MR) is 48.4 cm³/mol. The minimum absolute atomic E-state index is 0.109. The largest absolute Gasteiger partial charge is 0.198 e. The fourth-order valence-corrected chi connectivity index (χ4v) is 2.79. The maximum absolute atomic E-state index is 9.22. The lowest BCUT2D eigenvalue weighted by Gasteiger charge is -2.34. The van der Waals surface area contributed by atoms with Crippen molar-refractivity contribution in [1.82, 2.24) is 0 Å². The molecule has 1 heteroatoms. The van der Waals surface area contributed by atoms with Gasteiger partial charge in [-0.1, -0.05) is 19.8 Å². The normalized spacial score (nSPS) is 42.2. The lowest BCUT2D eigenvalue weighted by Crippen LogP contribution is -2.28. The summed E-state index contributed by atoms with van der Waals surface area (Å²) in [5, 5.41) is 9.22. The standard InChI is InChI=1S/C11H17N/c1-9-3-2-6-11(7-9,8-12)10-4-5-10/h9-10H,2-7H2,1H3. The first-order valence-electron chi connectivity index (χ1n) is 5.18. The molecule has 0 radical (unpaired) electrons. The van der Waals surface area contributed by atoms with Crippen LogP contribution in [-0.2, 0) is 0 Å². The molecule has 0 aromatic carbocycles. The molecule has 0 heterocycles. The van der Waals surface area contributed by atoms with Gasteiger partial charge in [-0.3, -0.25) is 0 Å². The highest BCUT2D eigenvalue weighted by atomic mass is 14.5. The molecule has 0 aliphatic heterocycles. The Morgan fingerprint density at radius 3 is 2.58 bits per heavy atom. The minimum Gasteiger partial charge on any atom is -0.198 e. The van der Waals surface area contributed by atoms with Crippen molar-refractivity contribution in [3.05, 3.63) is 0 Å². The summed E-state index contributed by atoms with van der Waals surface area (Å²) in [6.45, 7) is 2.30. The first-order chi connectivity index (χ1) is 5.77. The van der Waals surface area contributed by atoms with Crippen molar-refractivity contribution >= 4 is 0 Å². The van der Waals surface area contributed by atoms with Crippen LogP contribution in [0.15, 0.2) is 0 Å². The van der Waals surface area contributed by atoms with E-state index >= 15 is 0 Å². The molecule has 2 atom stereocenters. The van der Waals surface area contributed by atoms with Crippen LogP contribution in [0.2, 0.25) is 0 Å². The molecule has 2 aliphatic rings. The predicted octanol–water partition coefficient (Wildman–Crippen LogP) is 3.12. The maximum atomic E-state index is 9.22. The molecule has 2 fully saturated rings. The van der Waals surface area contributed by atoms with Crippen LogP contribution in [-0.4, -0.2) is 0 Å². The summed E-state index contributed by atoms with van der Waals surface area (Å²) >= 11 is 0. The number of nitriles is 1. The first-order valence-corrected chi connectivity index (χ1v) is 5.18. The van der Waals surface area contributed by atoms with E-state index in [1.54, 1.807) is 0 Å². The van der Waals surface area contributed by atoms with Gasteiger partial charge in [0.25, 0.3) is 0 Å². The highest BCUT2D eigenvalue weighted by Gasteiger charge is 2.47. The van der Waals surface area contributed by atoms with Gasteiger partial charge in [0.15, 0.2) is 0 Å². The summed E-state index contributed by atoms with van der Waals surface area (Å²) in [5.41, 5.74) is 0.109. The number of rotatable bonds is 1. The Bertz CT molecular complexity index is 212. The Kier molecular flexibility index (Phi) is 1.87. The van der Waals surface area contributed by atoms with E-state index < -0.39 is 0 Å². The summed E-state index contributed by atoms with van der Waals surface area (Å²) < 4.78 is 0. The molecule has 0 amide bonds. The van der Waals surface area contributed by atoms with E-state index in [2.05, 4.69) is 13.0 Å². The highest BCUT2D eigenvalue weighted by Crippen LogP contribution is 2.54. The molecule has 12 heavy (non-hydrogen) atoms. The van der Waals surface area contributed by atoms with Gasteiger partial charge in [-0.05, 0) is 37.5 Å². The average molecular weight is 163 g/mol. The molecule has 0 bridgehead atoms. The van der Waals surface area contributed by atoms with Crippen LogP contribution >= 0.6 is 0 Å². The lowest BCUT2D eigenvalue weighted by molar-refractivity contribution is 0.182. The minimum atomic E-state index is 0.109. The monoisotopic (exact) mass is 163 g/mol. The summed E-state index contributed by atoms with van der Waals surface area (Å²) in [6, 6.07) is 2.61. The molecule has 0 aromatic rings. The Morgan fingerprint density at radius 1 is 1.33 bits per heavy atom. The highest BCUT2D eigenvalue weighted by molar-refractivity contribution is 5.09. The maximum Gasteiger partial charge on any atom is 0.0692 e. The zero-order valence-electron chi connectivity index (χ0n) is 7.84. The molecule has 2 aliphatic carbocycles. The fraction of sp³-hybridized carbons (Fsp3) is 0.909. The van der Waals surface area contributed by atoms with Gasteiger partial charge in [0.05, 0.1) is 11.5 Å². The Balaban J connectivity index is 2.10. The second-order valence-electron chi connectivity index (χ2n) is 4.74. The van der Waals surface area contributed by atoms with Crippen molar-refractivity contribution in [3.63, 3.8) is 0 Å². The molecule has 2 saturated carbocycles. The van der Waals surface area contributed by atoms with Crippen LogP contribution < -0.4 is 0 Å². The van der Waals surface area contributed by atoms with Crippen LogP contribution in [0.25, 0.3) is 0 Å². The summed E-state index contributed by atoms with van der Waals surface area (Å²) in [4.78, 5) is 0. The molecule has 2 rings (SSSR count). The molecule has 0 N–H and O–H groups in total. The van der Waals surface area contributed by atoms with E-state index in [4.69, 9.17) is 0 Å². The number of hydrogen-bond donors (Lipinski definition) is 0. The van der Waals surface area contributed by atoms with E-state index in [0.29, 0.717) is 0 Å². The molecule has 0 saturated heterocycles. The van der Waals surface area contributed by atoms with Crippen LogP contribution in [0.4, 0.5) is 0 Å². The second-order valence-corrected chi connectivity index (χ2v) is 4.74. The van der Waals surface area contributed by atoms with Gasteiger partial charge in [0, 0.05) is 0 Å². The summed E-state index contributed by atoms with van der Waals surface area (Å²) in [5.74, 6) is 1.56. The second kappa shape index (κ2) is 2.76. The third kappa shape index (κ3) is 1.24. The van der Waals surface area contributed by atoms with Crippen molar-refractivity contribution in [2.24, 2.45) is 17.3 Å². The van der Waals surface area contributed by atoms with E-state index in [1.165, 1.54) is 38.5 Å². The van der Waals surface area contributed by atoms with Crippen LogP contribution in [0.3, 0.4) is 0 Å². The lowest BCUT2D eigenvalue weighted by atomic mass is 9.68. The van der Waals surface area contributed by atoms with Gasteiger partial charge in [-0.2, -0.15) is 5.26 Å². The van der Waals surface area contributed by atoms with Crippen molar-refractivity contribution < 1.29 is 0 Å². The van der Waals surface area contributed by atoms with Crippen molar-refractivity contribution in [2.45, 2.75) is 45.4 Å². The van der Waals surface area contributed by atoms with Crippen LogP contribution in [0.5, 0.6) is 0 Å². The van der Waals surface area contributed by atoms with Gasteiger partial charge in [-0.25, -0.2) is 0 Å². The van der Waals surface area contributed by atoms with Gasteiger partial charge in [-0.15, -0.1) is 0 Å². The average Bonchev–Trinajstić information content (AvgIpc) is 2.86. The van der Waals surface area contributed by atoms with Gasteiger partial charge < -0.3 is 0 Å². The zero-order chi connectivity index (χ0) is 8.60. The van der Waals surface area contributed by atoms with Crippen molar-refractivity contribution in [1.29, 1.82) is 5.26 Å². The summed E-state index contributed by atoms with van der Waals surface area (Å²) in [7, 11) is 0. The zero-order valence-corrected chi connectivity index (χ0v) is 7.84. The molecular weight excluding hydrogens is 146 g/mol. The Morgan fingerprint density at radius 2 is 2.08 bits per heavy atom. The van der Waals surface area contributed by atoms with Crippen LogP contribution in [0, 0.1) is 28.6 Å². The van der Waals surface area contributed by atoms with Crippen molar-refractivity contribution in [2.75, 3.05) is 0 Å². The van der Waals surface area contributed by atoms with E-state index in [0.717, 1.165) is 11.8 Å². The number of hydrogen-bond acceptors (Lipinski definition) is 1. The van der Waals surface area contributed by atoms with E-state index in [1.807, 2.05) is 0 Å². The fourth-order valence-electron chi connectivity index (χ4n) is 2.79. The van der Waals surface area contributed by atoms with Gasteiger partial charge >= 0.3 is 0 Å². The number of nitrogens with zero attached hydrogens (tertiary/aromatic N) is 1. The third-order valence-electron chi connectivity index (χ3n) is 3.61. The van der Waals surface area contributed by atoms with Crippen LogP contribution in [0.1, 0.15) is 45.4 Å².